The van der Waals surface area contributed by atoms with Gasteiger partial charge >= 0.3 is 5.97 Å². The largest absolute Gasteiger partial charge is 0.465 e. The molecule has 0 rings (SSSR count). The van der Waals surface area contributed by atoms with Crippen molar-refractivity contribution in [1.82, 2.24) is 5.32 Å². The number of hydrogen-bond acceptors (Lipinski definition) is 4. The van der Waals surface area contributed by atoms with E-state index in [2.05, 4.69) is 5.32 Å². The lowest BCUT2D eigenvalue weighted by Crippen LogP contribution is -2.28. The Morgan fingerprint density at radius 3 is 2.57 bits per heavy atom. The predicted octanol–water partition coefficient (Wildman–Crippen LogP) is 0.954. The van der Waals surface area contributed by atoms with Gasteiger partial charge in [-0.1, -0.05) is 6.92 Å². The predicted molar refractivity (Wildman–Crippen MR) is 55.2 cm³/mol. The van der Waals surface area contributed by atoms with E-state index in [0.29, 0.717) is 13.0 Å². The highest BCUT2D eigenvalue weighted by molar-refractivity contribution is 5.71. The van der Waals surface area contributed by atoms with Gasteiger partial charge in [0.1, 0.15) is 0 Å². The Balaban J connectivity index is 3.49. The van der Waals surface area contributed by atoms with Crippen LogP contribution in [0, 0.1) is 0 Å². The first-order valence-electron chi connectivity index (χ1n) is 4.93. The molecule has 0 saturated carbocycles. The molecule has 0 atom stereocenters. The second-order valence-electron chi connectivity index (χ2n) is 3.71. The van der Waals surface area contributed by atoms with E-state index < -0.39 is 0 Å². The molecule has 1 N–H and O–H groups in total. The van der Waals surface area contributed by atoms with Crippen LogP contribution in [-0.4, -0.2) is 38.4 Å². The van der Waals surface area contributed by atoms with Gasteiger partial charge in [-0.05, 0) is 20.4 Å². The van der Waals surface area contributed by atoms with Gasteiger partial charge in [0.25, 0.3) is 0 Å². The molecule has 0 fully saturated rings. The molecule has 4 heteroatoms. The normalized spacial score (nSPS) is 11.4. The van der Waals surface area contributed by atoms with Gasteiger partial charge in [0, 0.05) is 13.5 Å². The molecular weight excluding hydrogens is 182 g/mol. The zero-order valence-corrected chi connectivity index (χ0v) is 9.55. The van der Waals surface area contributed by atoms with Crippen molar-refractivity contribution >= 4 is 5.97 Å². The Kier molecular flexibility index (Phi) is 6.49. The molecule has 0 aliphatic rings. The smallest absolute Gasteiger partial charge is 0.319 e. The minimum Gasteiger partial charge on any atom is -0.465 e. The van der Waals surface area contributed by atoms with Crippen LogP contribution in [-0.2, 0) is 14.3 Å². The molecule has 0 aromatic heterocycles. The number of likely N-dealkylation sites (N-methyl/N-ethyl adjacent to an activating group) is 1. The summed E-state index contributed by atoms with van der Waals surface area (Å²) in [7, 11) is 1.65. The van der Waals surface area contributed by atoms with Gasteiger partial charge < -0.3 is 14.8 Å². The first-order valence-corrected chi connectivity index (χ1v) is 4.93. The third-order valence-corrected chi connectivity index (χ3v) is 2.04. The highest BCUT2D eigenvalue weighted by Gasteiger charge is 2.16. The zero-order chi connectivity index (χ0) is 11.0. The van der Waals surface area contributed by atoms with Crippen LogP contribution >= 0.6 is 0 Å². The maximum atomic E-state index is 11.1. The van der Waals surface area contributed by atoms with Crippen LogP contribution in [0.4, 0.5) is 0 Å². The first-order chi connectivity index (χ1) is 6.52. The molecule has 0 aromatic rings. The molecule has 0 unspecified atom stereocenters. The SMILES string of the molecule is CCNCC(=O)OCCC(C)(C)OC. The van der Waals surface area contributed by atoms with Gasteiger partial charge in [0.05, 0.1) is 18.8 Å². The Hall–Kier alpha value is -0.610. The monoisotopic (exact) mass is 203 g/mol. The number of esters is 1. The van der Waals surface area contributed by atoms with Gasteiger partial charge in [0.2, 0.25) is 0 Å². The van der Waals surface area contributed by atoms with Crippen molar-refractivity contribution in [3.8, 4) is 0 Å². The van der Waals surface area contributed by atoms with Gasteiger partial charge in [0.15, 0.2) is 0 Å². The van der Waals surface area contributed by atoms with Crippen LogP contribution in [0.3, 0.4) is 0 Å². The molecule has 0 radical (unpaired) electrons. The summed E-state index contributed by atoms with van der Waals surface area (Å²) in [5.74, 6) is -0.209. The van der Waals surface area contributed by atoms with E-state index in [1.165, 1.54) is 0 Å². The minimum atomic E-state index is -0.224. The van der Waals surface area contributed by atoms with Gasteiger partial charge in [-0.25, -0.2) is 0 Å². The van der Waals surface area contributed by atoms with E-state index >= 15 is 0 Å². The summed E-state index contributed by atoms with van der Waals surface area (Å²) >= 11 is 0. The number of rotatable bonds is 7. The summed E-state index contributed by atoms with van der Waals surface area (Å²) in [4.78, 5) is 11.1. The summed E-state index contributed by atoms with van der Waals surface area (Å²) in [5.41, 5.74) is -0.224. The molecule has 0 aromatic carbocycles. The fraction of sp³-hybridized carbons (Fsp3) is 0.900. The maximum Gasteiger partial charge on any atom is 0.319 e. The van der Waals surface area contributed by atoms with Crippen molar-refractivity contribution in [2.45, 2.75) is 32.8 Å². The van der Waals surface area contributed by atoms with Gasteiger partial charge in [-0.2, -0.15) is 0 Å². The molecular formula is C10H21NO3. The van der Waals surface area contributed by atoms with Crippen LogP contribution in [0.5, 0.6) is 0 Å². The fourth-order valence-corrected chi connectivity index (χ4v) is 0.791. The van der Waals surface area contributed by atoms with Crippen LogP contribution in [0.2, 0.25) is 0 Å². The summed E-state index contributed by atoms with van der Waals surface area (Å²) < 4.78 is 10.2. The van der Waals surface area contributed by atoms with Crippen molar-refractivity contribution in [3.05, 3.63) is 0 Å². The lowest BCUT2D eigenvalue weighted by atomic mass is 10.1. The average Bonchev–Trinajstić information content (AvgIpc) is 2.14. The molecule has 4 nitrogen and oxygen atoms in total. The quantitative estimate of drug-likeness (QED) is 0.626. The van der Waals surface area contributed by atoms with E-state index in [1.807, 2.05) is 20.8 Å². The number of nitrogens with one attached hydrogen (secondary N) is 1. The topological polar surface area (TPSA) is 47.6 Å². The van der Waals surface area contributed by atoms with Crippen LogP contribution in [0.15, 0.2) is 0 Å². The minimum absolute atomic E-state index is 0.209. The van der Waals surface area contributed by atoms with E-state index in [9.17, 15) is 4.79 Å². The molecule has 0 aliphatic carbocycles. The third-order valence-electron chi connectivity index (χ3n) is 2.04. The molecule has 14 heavy (non-hydrogen) atoms. The number of hydrogen-bond donors (Lipinski definition) is 1. The van der Waals surface area contributed by atoms with Crippen molar-refractivity contribution in [3.63, 3.8) is 0 Å². The number of carbonyl (C=O) groups is 1. The third kappa shape index (κ3) is 6.86. The lowest BCUT2D eigenvalue weighted by Gasteiger charge is -2.22. The molecule has 0 spiro atoms. The Morgan fingerprint density at radius 1 is 1.43 bits per heavy atom. The highest BCUT2D eigenvalue weighted by atomic mass is 16.5. The molecule has 0 amide bonds. The van der Waals surface area contributed by atoms with E-state index in [0.717, 1.165) is 6.54 Å². The van der Waals surface area contributed by atoms with Crippen molar-refractivity contribution < 1.29 is 14.3 Å². The highest BCUT2D eigenvalue weighted by Crippen LogP contribution is 2.12. The summed E-state index contributed by atoms with van der Waals surface area (Å²) in [6.07, 6.45) is 0.710. The average molecular weight is 203 g/mol. The Morgan fingerprint density at radius 2 is 2.07 bits per heavy atom. The van der Waals surface area contributed by atoms with E-state index in [1.54, 1.807) is 7.11 Å². The fourth-order valence-electron chi connectivity index (χ4n) is 0.791. The van der Waals surface area contributed by atoms with Crippen molar-refractivity contribution in [2.75, 3.05) is 26.8 Å². The summed E-state index contributed by atoms with van der Waals surface area (Å²) in [6.45, 7) is 7.34. The van der Waals surface area contributed by atoms with Crippen LogP contribution in [0.25, 0.3) is 0 Å². The standard InChI is InChI=1S/C10H21NO3/c1-5-11-8-9(12)14-7-6-10(2,3)13-4/h11H,5-8H2,1-4H3. The van der Waals surface area contributed by atoms with Crippen LogP contribution < -0.4 is 5.32 Å². The summed E-state index contributed by atoms with van der Waals surface area (Å²) in [5, 5.41) is 2.90. The number of methoxy groups -OCH3 is 1. The molecule has 0 heterocycles. The second-order valence-corrected chi connectivity index (χ2v) is 3.71. The number of carbonyl (C=O) groups excluding carboxylic acids is 1. The molecule has 0 saturated heterocycles. The van der Waals surface area contributed by atoms with E-state index in [-0.39, 0.29) is 18.1 Å². The van der Waals surface area contributed by atoms with E-state index in [4.69, 9.17) is 9.47 Å². The number of ether oxygens (including phenoxy) is 2. The lowest BCUT2D eigenvalue weighted by molar-refractivity contribution is -0.144. The maximum absolute atomic E-state index is 11.1. The Bertz CT molecular complexity index is 169. The Labute approximate surface area is 86.0 Å². The first kappa shape index (κ1) is 13.4. The van der Waals surface area contributed by atoms with Gasteiger partial charge in [-0.15, -0.1) is 0 Å². The van der Waals surface area contributed by atoms with Crippen LogP contribution in [0.1, 0.15) is 27.2 Å². The second kappa shape index (κ2) is 6.79. The summed E-state index contributed by atoms with van der Waals surface area (Å²) in [6, 6.07) is 0. The molecule has 0 aliphatic heterocycles. The molecule has 84 valence electrons. The zero-order valence-electron chi connectivity index (χ0n) is 9.55. The van der Waals surface area contributed by atoms with Crippen molar-refractivity contribution in [2.24, 2.45) is 0 Å². The van der Waals surface area contributed by atoms with Gasteiger partial charge in [-0.3, -0.25) is 4.79 Å². The molecule has 0 bridgehead atoms. The van der Waals surface area contributed by atoms with Crippen molar-refractivity contribution in [1.29, 1.82) is 0 Å².